The van der Waals surface area contributed by atoms with Gasteiger partial charge in [0.2, 0.25) is 0 Å². The van der Waals surface area contributed by atoms with Crippen molar-refractivity contribution in [2.45, 2.75) is 19.9 Å². The van der Waals surface area contributed by atoms with E-state index in [0.29, 0.717) is 11.5 Å². The Morgan fingerprint density at radius 3 is 2.30 bits per heavy atom. The van der Waals surface area contributed by atoms with Gasteiger partial charge in [0, 0.05) is 0 Å². The summed E-state index contributed by atoms with van der Waals surface area (Å²) in [6.07, 6.45) is 0. The van der Waals surface area contributed by atoms with Crippen molar-refractivity contribution in [2.24, 2.45) is 5.73 Å². The predicted molar refractivity (Wildman–Crippen MR) is 81.5 cm³/mol. The molecule has 1 atom stereocenters. The standard InChI is InChI=1S/C17H21NO2/c1-11-6-5-7-14(12(11)2)17(18)13-8-9-15(19-3)16(10-13)20-4/h5-10,17H,18H2,1-4H3. The molecular weight excluding hydrogens is 250 g/mol. The first-order valence-corrected chi connectivity index (χ1v) is 6.62. The number of methoxy groups -OCH3 is 2. The summed E-state index contributed by atoms with van der Waals surface area (Å²) in [5.41, 5.74) is 11.0. The van der Waals surface area contributed by atoms with Crippen LogP contribution in [0.5, 0.6) is 11.5 Å². The zero-order valence-electron chi connectivity index (χ0n) is 12.4. The quantitative estimate of drug-likeness (QED) is 0.927. The summed E-state index contributed by atoms with van der Waals surface area (Å²) in [5, 5.41) is 0. The lowest BCUT2D eigenvalue weighted by Gasteiger charge is -2.18. The Morgan fingerprint density at radius 1 is 0.950 bits per heavy atom. The van der Waals surface area contributed by atoms with Gasteiger partial charge in [-0.1, -0.05) is 24.3 Å². The normalized spacial score (nSPS) is 12.1. The van der Waals surface area contributed by atoms with Crippen molar-refractivity contribution in [1.82, 2.24) is 0 Å². The van der Waals surface area contributed by atoms with E-state index in [1.807, 2.05) is 24.3 Å². The average Bonchev–Trinajstić information content (AvgIpc) is 2.48. The maximum atomic E-state index is 6.40. The van der Waals surface area contributed by atoms with Gasteiger partial charge in [-0.25, -0.2) is 0 Å². The van der Waals surface area contributed by atoms with E-state index in [9.17, 15) is 0 Å². The minimum Gasteiger partial charge on any atom is -0.493 e. The largest absolute Gasteiger partial charge is 0.493 e. The van der Waals surface area contributed by atoms with Gasteiger partial charge < -0.3 is 15.2 Å². The monoisotopic (exact) mass is 271 g/mol. The maximum absolute atomic E-state index is 6.40. The summed E-state index contributed by atoms with van der Waals surface area (Å²) in [7, 11) is 3.26. The van der Waals surface area contributed by atoms with Crippen LogP contribution in [0.25, 0.3) is 0 Å². The second kappa shape index (κ2) is 5.97. The summed E-state index contributed by atoms with van der Waals surface area (Å²) >= 11 is 0. The van der Waals surface area contributed by atoms with Crippen molar-refractivity contribution < 1.29 is 9.47 Å². The Kier molecular flexibility index (Phi) is 4.30. The molecule has 0 saturated carbocycles. The van der Waals surface area contributed by atoms with Gasteiger partial charge in [-0.15, -0.1) is 0 Å². The molecule has 2 aromatic carbocycles. The Morgan fingerprint density at radius 2 is 1.65 bits per heavy atom. The number of rotatable bonds is 4. The number of benzene rings is 2. The van der Waals surface area contributed by atoms with Crippen molar-refractivity contribution in [1.29, 1.82) is 0 Å². The van der Waals surface area contributed by atoms with Crippen LogP contribution in [0, 0.1) is 13.8 Å². The molecular formula is C17H21NO2. The Labute approximate surface area is 120 Å². The second-order valence-corrected chi connectivity index (χ2v) is 4.88. The van der Waals surface area contributed by atoms with Crippen LogP contribution in [0.1, 0.15) is 28.3 Å². The SMILES string of the molecule is COc1ccc(C(N)c2cccc(C)c2C)cc1OC. The van der Waals surface area contributed by atoms with Crippen LogP contribution >= 0.6 is 0 Å². The van der Waals surface area contributed by atoms with Crippen LogP contribution in [-0.2, 0) is 0 Å². The van der Waals surface area contributed by atoms with Gasteiger partial charge in [-0.2, -0.15) is 0 Å². The van der Waals surface area contributed by atoms with Crippen molar-refractivity contribution in [3.8, 4) is 11.5 Å². The molecule has 0 aliphatic carbocycles. The van der Waals surface area contributed by atoms with E-state index in [4.69, 9.17) is 15.2 Å². The molecule has 2 rings (SSSR count). The lowest BCUT2D eigenvalue weighted by atomic mass is 9.93. The summed E-state index contributed by atoms with van der Waals surface area (Å²) in [5.74, 6) is 1.41. The van der Waals surface area contributed by atoms with Crippen LogP contribution < -0.4 is 15.2 Å². The third-order valence-corrected chi connectivity index (χ3v) is 3.75. The van der Waals surface area contributed by atoms with Crippen molar-refractivity contribution >= 4 is 0 Å². The third-order valence-electron chi connectivity index (χ3n) is 3.75. The summed E-state index contributed by atoms with van der Waals surface area (Å²) in [6, 6.07) is 11.8. The lowest BCUT2D eigenvalue weighted by Crippen LogP contribution is -2.14. The highest BCUT2D eigenvalue weighted by atomic mass is 16.5. The van der Waals surface area contributed by atoms with E-state index in [0.717, 1.165) is 11.1 Å². The highest BCUT2D eigenvalue weighted by molar-refractivity contribution is 5.47. The molecule has 0 aliphatic rings. The van der Waals surface area contributed by atoms with Crippen molar-refractivity contribution in [2.75, 3.05) is 14.2 Å². The lowest BCUT2D eigenvalue weighted by molar-refractivity contribution is 0.354. The fourth-order valence-electron chi connectivity index (χ4n) is 2.34. The highest BCUT2D eigenvalue weighted by Crippen LogP contribution is 2.32. The average molecular weight is 271 g/mol. The Bertz CT molecular complexity index is 608. The molecule has 3 heteroatoms. The topological polar surface area (TPSA) is 44.5 Å². The predicted octanol–water partition coefficient (Wildman–Crippen LogP) is 3.37. The number of hydrogen-bond acceptors (Lipinski definition) is 3. The van der Waals surface area contributed by atoms with Gasteiger partial charge in [0.05, 0.1) is 20.3 Å². The molecule has 20 heavy (non-hydrogen) atoms. The van der Waals surface area contributed by atoms with Crippen molar-refractivity contribution in [3.05, 3.63) is 58.7 Å². The Hall–Kier alpha value is -2.00. The number of hydrogen-bond donors (Lipinski definition) is 1. The third kappa shape index (κ3) is 2.63. The van der Waals surface area contributed by atoms with Crippen LogP contribution in [0.2, 0.25) is 0 Å². The highest BCUT2D eigenvalue weighted by Gasteiger charge is 2.14. The molecule has 3 nitrogen and oxygen atoms in total. The van der Waals surface area contributed by atoms with Crippen LogP contribution in [-0.4, -0.2) is 14.2 Å². The molecule has 0 aromatic heterocycles. The minimum atomic E-state index is -0.172. The molecule has 0 amide bonds. The van der Waals surface area contributed by atoms with E-state index in [2.05, 4.69) is 26.0 Å². The van der Waals surface area contributed by atoms with Crippen LogP contribution in [0.15, 0.2) is 36.4 Å². The van der Waals surface area contributed by atoms with Gasteiger partial charge >= 0.3 is 0 Å². The van der Waals surface area contributed by atoms with E-state index in [1.54, 1.807) is 14.2 Å². The first-order valence-electron chi connectivity index (χ1n) is 6.62. The first kappa shape index (κ1) is 14.4. The zero-order valence-corrected chi connectivity index (χ0v) is 12.4. The molecule has 1 unspecified atom stereocenters. The smallest absolute Gasteiger partial charge is 0.161 e. The molecule has 0 bridgehead atoms. The van der Waals surface area contributed by atoms with E-state index in [-0.39, 0.29) is 6.04 Å². The summed E-state index contributed by atoms with van der Waals surface area (Å²) < 4.78 is 10.6. The van der Waals surface area contributed by atoms with Crippen molar-refractivity contribution in [3.63, 3.8) is 0 Å². The zero-order chi connectivity index (χ0) is 14.7. The first-order chi connectivity index (χ1) is 9.58. The Balaban J connectivity index is 2.43. The molecule has 0 fully saturated rings. The summed E-state index contributed by atoms with van der Waals surface area (Å²) in [4.78, 5) is 0. The fraction of sp³-hybridized carbons (Fsp3) is 0.294. The van der Waals surface area contributed by atoms with E-state index >= 15 is 0 Å². The molecule has 2 N–H and O–H groups in total. The molecule has 0 radical (unpaired) electrons. The molecule has 106 valence electrons. The van der Waals surface area contributed by atoms with Gasteiger partial charge in [0.25, 0.3) is 0 Å². The van der Waals surface area contributed by atoms with Gasteiger partial charge in [-0.05, 0) is 48.2 Å². The number of ether oxygens (including phenoxy) is 2. The second-order valence-electron chi connectivity index (χ2n) is 4.88. The number of nitrogens with two attached hydrogens (primary N) is 1. The minimum absolute atomic E-state index is 0.172. The molecule has 0 heterocycles. The van der Waals surface area contributed by atoms with E-state index in [1.165, 1.54) is 11.1 Å². The van der Waals surface area contributed by atoms with Gasteiger partial charge in [0.15, 0.2) is 11.5 Å². The molecule has 0 spiro atoms. The van der Waals surface area contributed by atoms with Gasteiger partial charge in [0.1, 0.15) is 0 Å². The van der Waals surface area contributed by atoms with Gasteiger partial charge in [-0.3, -0.25) is 0 Å². The molecule has 0 saturated heterocycles. The molecule has 2 aromatic rings. The van der Waals surface area contributed by atoms with Crippen LogP contribution in [0.3, 0.4) is 0 Å². The maximum Gasteiger partial charge on any atom is 0.161 e. The number of aryl methyl sites for hydroxylation is 1. The van der Waals surface area contributed by atoms with E-state index < -0.39 is 0 Å². The molecule has 0 aliphatic heterocycles. The van der Waals surface area contributed by atoms with Crippen LogP contribution in [0.4, 0.5) is 0 Å². The summed E-state index contributed by atoms with van der Waals surface area (Å²) in [6.45, 7) is 4.20. The fourth-order valence-corrected chi connectivity index (χ4v) is 2.34.